The predicted molar refractivity (Wildman–Crippen MR) is 101 cm³/mol. The number of hydrogen-bond acceptors (Lipinski definition) is 4. The van der Waals surface area contributed by atoms with Crippen molar-refractivity contribution < 1.29 is 26.7 Å². The van der Waals surface area contributed by atoms with Crippen molar-refractivity contribution in [3.05, 3.63) is 71.8 Å². The van der Waals surface area contributed by atoms with Gasteiger partial charge in [0.05, 0.1) is 12.1 Å². The first-order valence-electron chi connectivity index (χ1n) is 8.59. The number of alkyl halides is 3. The third-order valence-corrected chi connectivity index (χ3v) is 5.77. The molecule has 2 N–H and O–H groups in total. The summed E-state index contributed by atoms with van der Waals surface area (Å²) in [4.78, 5) is 1.62. The first-order valence-corrected chi connectivity index (χ1v) is 10.1. The number of aliphatic hydroxyl groups is 1. The second-order valence-electron chi connectivity index (χ2n) is 6.57. The zero-order valence-corrected chi connectivity index (χ0v) is 16.3. The number of benzene rings is 2. The molecule has 3 atom stereocenters. The standard InChI is InChI=1S/C19H23F3N2O3S/c1-14(18(25)16-11-7-4-8-12-16)24(2)13-17(15-9-5-3-6-10-15)23-28(26,27)19(20,21)22/h3-12,14,17-18,23,25H,13H2,1-2H3/t14-,17-,18-/m0/s1. The van der Waals surface area contributed by atoms with Gasteiger partial charge in [0, 0.05) is 12.6 Å². The molecule has 0 fully saturated rings. The monoisotopic (exact) mass is 416 g/mol. The Morgan fingerprint density at radius 2 is 1.46 bits per heavy atom. The minimum Gasteiger partial charge on any atom is -0.387 e. The first kappa shape index (κ1) is 22.4. The quantitative estimate of drug-likeness (QED) is 0.693. The Kier molecular flexibility index (Phi) is 7.22. The van der Waals surface area contributed by atoms with E-state index in [1.165, 1.54) is 0 Å². The van der Waals surface area contributed by atoms with Gasteiger partial charge in [0.25, 0.3) is 0 Å². The molecule has 0 aromatic heterocycles. The maximum Gasteiger partial charge on any atom is 0.511 e. The van der Waals surface area contributed by atoms with E-state index in [0.29, 0.717) is 11.1 Å². The van der Waals surface area contributed by atoms with Gasteiger partial charge in [0.2, 0.25) is 0 Å². The summed E-state index contributed by atoms with van der Waals surface area (Å²) >= 11 is 0. The second-order valence-corrected chi connectivity index (χ2v) is 8.27. The van der Waals surface area contributed by atoms with Crippen LogP contribution in [0.25, 0.3) is 0 Å². The fourth-order valence-corrected chi connectivity index (χ4v) is 3.49. The molecule has 2 aromatic rings. The lowest BCUT2D eigenvalue weighted by molar-refractivity contribution is -0.0452. The molecule has 28 heavy (non-hydrogen) atoms. The van der Waals surface area contributed by atoms with Gasteiger partial charge in [0.1, 0.15) is 0 Å². The molecular formula is C19H23F3N2O3S. The van der Waals surface area contributed by atoms with E-state index in [0.717, 1.165) is 0 Å². The van der Waals surface area contributed by atoms with E-state index in [4.69, 9.17) is 0 Å². The number of nitrogens with one attached hydrogen (secondary N) is 1. The highest BCUT2D eigenvalue weighted by Gasteiger charge is 2.47. The van der Waals surface area contributed by atoms with Crippen molar-refractivity contribution in [1.82, 2.24) is 9.62 Å². The molecule has 5 nitrogen and oxygen atoms in total. The van der Waals surface area contributed by atoms with Crippen molar-refractivity contribution in [3.63, 3.8) is 0 Å². The van der Waals surface area contributed by atoms with Crippen molar-refractivity contribution in [2.24, 2.45) is 0 Å². The van der Waals surface area contributed by atoms with Crippen molar-refractivity contribution in [1.29, 1.82) is 0 Å². The van der Waals surface area contributed by atoms with Gasteiger partial charge < -0.3 is 5.11 Å². The van der Waals surface area contributed by atoms with E-state index >= 15 is 0 Å². The third-order valence-electron chi connectivity index (χ3n) is 4.57. The Morgan fingerprint density at radius 3 is 1.93 bits per heavy atom. The van der Waals surface area contributed by atoms with Crippen molar-refractivity contribution in [2.75, 3.05) is 13.6 Å². The largest absolute Gasteiger partial charge is 0.511 e. The summed E-state index contributed by atoms with van der Waals surface area (Å²) in [5.74, 6) is 0. The van der Waals surface area contributed by atoms with Crippen LogP contribution in [0.15, 0.2) is 60.7 Å². The lowest BCUT2D eigenvalue weighted by atomic mass is 10.0. The van der Waals surface area contributed by atoms with E-state index in [9.17, 15) is 26.7 Å². The minimum absolute atomic E-state index is 0.0651. The number of sulfonamides is 1. The molecule has 0 amide bonds. The van der Waals surface area contributed by atoms with Crippen molar-refractivity contribution in [3.8, 4) is 0 Å². The Bertz CT molecular complexity index is 846. The molecule has 0 saturated carbocycles. The molecule has 0 aliphatic heterocycles. The Hall–Kier alpha value is -1.94. The highest BCUT2D eigenvalue weighted by molar-refractivity contribution is 7.90. The van der Waals surface area contributed by atoms with Gasteiger partial charge in [-0.2, -0.15) is 17.9 Å². The fourth-order valence-electron chi connectivity index (χ4n) is 2.77. The Balaban J connectivity index is 2.22. The topological polar surface area (TPSA) is 69.6 Å². The number of likely N-dealkylation sites (N-methyl/N-ethyl adjacent to an activating group) is 1. The Labute approximate surface area is 162 Å². The predicted octanol–water partition coefficient (Wildman–Crippen LogP) is 3.22. The zero-order valence-electron chi connectivity index (χ0n) is 15.5. The molecule has 154 valence electrons. The van der Waals surface area contributed by atoms with Crippen LogP contribution in [0.5, 0.6) is 0 Å². The number of halogens is 3. The van der Waals surface area contributed by atoms with Crippen LogP contribution in [-0.4, -0.2) is 43.6 Å². The molecule has 0 spiro atoms. The van der Waals surface area contributed by atoms with Gasteiger partial charge in [-0.15, -0.1) is 0 Å². The number of rotatable bonds is 8. The van der Waals surface area contributed by atoms with Crippen LogP contribution >= 0.6 is 0 Å². The van der Waals surface area contributed by atoms with E-state index in [2.05, 4.69) is 0 Å². The van der Waals surface area contributed by atoms with Crippen LogP contribution in [0, 0.1) is 0 Å². The summed E-state index contributed by atoms with van der Waals surface area (Å²) in [6.45, 7) is 1.66. The van der Waals surface area contributed by atoms with E-state index < -0.39 is 33.7 Å². The molecule has 0 unspecified atom stereocenters. The molecule has 9 heteroatoms. The average molecular weight is 416 g/mol. The lowest BCUT2D eigenvalue weighted by Gasteiger charge is -2.32. The SMILES string of the molecule is C[C@@H]([C@H](O)c1ccccc1)N(C)C[C@H](NS(=O)(=O)C(F)(F)F)c1ccccc1. The highest BCUT2D eigenvalue weighted by Crippen LogP contribution is 2.27. The summed E-state index contributed by atoms with van der Waals surface area (Å²) in [5.41, 5.74) is -4.36. The molecule has 2 aromatic carbocycles. The maximum absolute atomic E-state index is 12.9. The second kappa shape index (κ2) is 9.04. The molecule has 0 bridgehead atoms. The van der Waals surface area contributed by atoms with Gasteiger partial charge >= 0.3 is 15.5 Å². The number of nitrogens with zero attached hydrogens (tertiary/aromatic N) is 1. The van der Waals surface area contributed by atoms with Crippen LogP contribution in [0.4, 0.5) is 13.2 Å². The average Bonchev–Trinajstić information content (AvgIpc) is 2.66. The maximum atomic E-state index is 12.9. The van der Waals surface area contributed by atoms with Gasteiger partial charge in [-0.3, -0.25) is 4.90 Å². The van der Waals surface area contributed by atoms with Crippen LogP contribution in [0.1, 0.15) is 30.2 Å². The summed E-state index contributed by atoms with van der Waals surface area (Å²) in [6.07, 6.45) is -0.887. The van der Waals surface area contributed by atoms with E-state index in [1.54, 1.807) is 78.2 Å². The molecule has 0 saturated heterocycles. The van der Waals surface area contributed by atoms with Gasteiger partial charge in [-0.25, -0.2) is 8.42 Å². The summed E-state index contributed by atoms with van der Waals surface area (Å²) in [7, 11) is -3.91. The molecule has 0 aliphatic rings. The van der Waals surface area contributed by atoms with Crippen LogP contribution in [0.2, 0.25) is 0 Å². The van der Waals surface area contributed by atoms with E-state index in [-0.39, 0.29) is 6.54 Å². The third kappa shape index (κ3) is 5.54. The lowest BCUT2D eigenvalue weighted by Crippen LogP contribution is -2.45. The first-order chi connectivity index (χ1) is 13.0. The summed E-state index contributed by atoms with van der Waals surface area (Å²) in [5, 5.41) is 10.5. The minimum atomic E-state index is -5.53. The fraction of sp³-hybridized carbons (Fsp3) is 0.368. The molecular weight excluding hydrogens is 393 g/mol. The normalized spacial score (nSPS) is 16.0. The van der Waals surface area contributed by atoms with Crippen LogP contribution < -0.4 is 4.72 Å². The highest BCUT2D eigenvalue weighted by atomic mass is 32.2. The molecule has 0 radical (unpaired) electrons. The number of hydrogen-bond donors (Lipinski definition) is 2. The zero-order chi connectivity index (χ0) is 20.9. The smallest absolute Gasteiger partial charge is 0.387 e. The number of aliphatic hydroxyl groups excluding tert-OH is 1. The van der Waals surface area contributed by atoms with Crippen molar-refractivity contribution >= 4 is 10.0 Å². The van der Waals surface area contributed by atoms with Crippen LogP contribution in [-0.2, 0) is 10.0 Å². The Morgan fingerprint density at radius 1 is 1.00 bits per heavy atom. The molecule has 0 aliphatic carbocycles. The summed E-state index contributed by atoms with van der Waals surface area (Å²) < 4.78 is 63.6. The molecule has 2 rings (SSSR count). The van der Waals surface area contributed by atoms with Crippen LogP contribution in [0.3, 0.4) is 0 Å². The summed E-state index contributed by atoms with van der Waals surface area (Å²) in [6, 6.07) is 15.3. The van der Waals surface area contributed by atoms with Gasteiger partial charge in [0.15, 0.2) is 0 Å². The van der Waals surface area contributed by atoms with Gasteiger partial charge in [-0.1, -0.05) is 60.7 Å². The van der Waals surface area contributed by atoms with Gasteiger partial charge in [-0.05, 0) is 25.1 Å². The van der Waals surface area contributed by atoms with E-state index in [1.807, 2.05) is 6.07 Å². The van der Waals surface area contributed by atoms with Crippen molar-refractivity contribution in [2.45, 2.75) is 30.6 Å². The molecule has 0 heterocycles.